The van der Waals surface area contributed by atoms with Crippen LogP contribution in [-0.2, 0) is 18.3 Å². The maximum Gasteiger partial charge on any atom is 0.331 e. The van der Waals surface area contributed by atoms with Gasteiger partial charge < -0.3 is 18.3 Å². The molecule has 0 N–H and O–H groups in total. The van der Waals surface area contributed by atoms with Crippen molar-refractivity contribution in [2.24, 2.45) is 0 Å². The molecule has 2 saturated heterocycles. The topological polar surface area (TPSA) is 36.9 Å². The molecule has 0 amide bonds. The molecule has 0 aromatic rings. The minimum Gasteiger partial charge on any atom is -0.392 e. The molecule has 2 unspecified atom stereocenters. The largest absolute Gasteiger partial charge is 0.392 e. The first-order valence-corrected chi connectivity index (χ1v) is 9.48. The van der Waals surface area contributed by atoms with Crippen LogP contribution in [0.15, 0.2) is 0 Å². The molecule has 0 aromatic heterocycles. The van der Waals surface area contributed by atoms with E-state index < -0.39 is 8.56 Å². The zero-order valence-electron chi connectivity index (χ0n) is 10.9. The Morgan fingerprint density at radius 1 is 0.941 bits per heavy atom. The van der Waals surface area contributed by atoms with Crippen LogP contribution in [0.2, 0.25) is 13.1 Å². The minimum absolute atomic E-state index is 0.285. The molecule has 2 aliphatic heterocycles. The Morgan fingerprint density at radius 3 is 1.76 bits per heavy atom. The van der Waals surface area contributed by atoms with Gasteiger partial charge in [-0.1, -0.05) is 0 Å². The van der Waals surface area contributed by atoms with Crippen LogP contribution in [0.4, 0.5) is 0 Å². The molecule has 17 heavy (non-hydrogen) atoms. The standard InChI is InChI=1S/C12H24O4Si/c1-17(2,15-9-11-5-3-7-13-11)16-10-12-6-4-8-14-12/h11-12H,3-10H2,1-2H3. The van der Waals surface area contributed by atoms with Gasteiger partial charge in [-0.05, 0) is 38.8 Å². The fraction of sp³-hybridized carbons (Fsp3) is 1.00. The minimum atomic E-state index is -2.00. The van der Waals surface area contributed by atoms with Gasteiger partial charge in [0.25, 0.3) is 0 Å². The molecule has 2 atom stereocenters. The van der Waals surface area contributed by atoms with Crippen molar-refractivity contribution in [1.29, 1.82) is 0 Å². The summed E-state index contributed by atoms with van der Waals surface area (Å²) in [4.78, 5) is 0. The van der Waals surface area contributed by atoms with Crippen LogP contribution in [0.5, 0.6) is 0 Å². The van der Waals surface area contributed by atoms with Crippen molar-refractivity contribution in [1.82, 2.24) is 0 Å². The van der Waals surface area contributed by atoms with E-state index in [0.717, 1.165) is 38.9 Å². The fourth-order valence-corrected chi connectivity index (χ4v) is 3.44. The number of hydrogen-bond donors (Lipinski definition) is 0. The van der Waals surface area contributed by atoms with Gasteiger partial charge in [-0.25, -0.2) is 0 Å². The molecule has 0 spiro atoms. The second kappa shape index (κ2) is 6.29. The fourth-order valence-electron chi connectivity index (χ4n) is 2.18. The van der Waals surface area contributed by atoms with Gasteiger partial charge in [0.2, 0.25) is 0 Å². The van der Waals surface area contributed by atoms with E-state index in [1.165, 1.54) is 0 Å². The second-order valence-corrected chi connectivity index (χ2v) is 8.67. The van der Waals surface area contributed by atoms with Crippen molar-refractivity contribution in [2.75, 3.05) is 26.4 Å². The number of ether oxygens (including phenoxy) is 2. The maximum absolute atomic E-state index is 5.91. The van der Waals surface area contributed by atoms with E-state index >= 15 is 0 Å². The van der Waals surface area contributed by atoms with Crippen LogP contribution in [-0.4, -0.2) is 47.2 Å². The summed E-state index contributed by atoms with van der Waals surface area (Å²) in [6.07, 6.45) is 5.13. The van der Waals surface area contributed by atoms with E-state index in [1.54, 1.807) is 0 Å². The van der Waals surface area contributed by atoms with Crippen molar-refractivity contribution in [3.63, 3.8) is 0 Å². The smallest absolute Gasteiger partial charge is 0.331 e. The van der Waals surface area contributed by atoms with Gasteiger partial charge >= 0.3 is 8.56 Å². The summed E-state index contributed by atoms with van der Waals surface area (Å²) in [5, 5.41) is 0. The predicted octanol–water partition coefficient (Wildman–Crippen LogP) is 2.08. The van der Waals surface area contributed by atoms with Gasteiger partial charge in [0.05, 0.1) is 25.4 Å². The van der Waals surface area contributed by atoms with Crippen LogP contribution in [0.1, 0.15) is 25.7 Å². The Morgan fingerprint density at radius 2 is 1.41 bits per heavy atom. The molecule has 0 aliphatic carbocycles. The highest BCUT2D eigenvalue weighted by Crippen LogP contribution is 2.18. The molecule has 0 bridgehead atoms. The molecule has 5 heteroatoms. The van der Waals surface area contributed by atoms with Crippen molar-refractivity contribution >= 4 is 8.56 Å². The molecule has 2 heterocycles. The molecule has 4 nitrogen and oxygen atoms in total. The molecular weight excluding hydrogens is 236 g/mol. The molecule has 2 rings (SSSR count). The Kier molecular flexibility index (Phi) is 4.99. The third-order valence-electron chi connectivity index (χ3n) is 3.28. The summed E-state index contributed by atoms with van der Waals surface area (Å²) in [6, 6.07) is 0. The third-order valence-corrected chi connectivity index (χ3v) is 5.01. The first-order valence-electron chi connectivity index (χ1n) is 6.67. The van der Waals surface area contributed by atoms with Gasteiger partial charge in [0.15, 0.2) is 0 Å². The molecule has 100 valence electrons. The highest BCUT2D eigenvalue weighted by Gasteiger charge is 2.29. The van der Waals surface area contributed by atoms with Crippen molar-refractivity contribution in [2.45, 2.75) is 51.0 Å². The average molecular weight is 260 g/mol. The second-order valence-electron chi connectivity index (χ2n) is 5.29. The normalized spacial score (nSPS) is 30.0. The Balaban J connectivity index is 1.62. The summed E-state index contributed by atoms with van der Waals surface area (Å²) in [5.74, 6) is 0. The van der Waals surface area contributed by atoms with Gasteiger partial charge in [0, 0.05) is 13.2 Å². The van der Waals surface area contributed by atoms with Crippen LogP contribution in [0.25, 0.3) is 0 Å². The molecule has 0 aromatic carbocycles. The molecular formula is C12H24O4Si. The monoisotopic (exact) mass is 260 g/mol. The van der Waals surface area contributed by atoms with E-state index in [1.807, 2.05) is 0 Å². The zero-order chi connectivity index (χ0) is 12.1. The lowest BCUT2D eigenvalue weighted by molar-refractivity contribution is 0.0295. The Hall–Kier alpha value is 0.0569. The summed E-state index contributed by atoms with van der Waals surface area (Å²) >= 11 is 0. The van der Waals surface area contributed by atoms with E-state index in [2.05, 4.69) is 13.1 Å². The van der Waals surface area contributed by atoms with Gasteiger partial charge in [-0.15, -0.1) is 0 Å². The van der Waals surface area contributed by atoms with E-state index in [0.29, 0.717) is 13.2 Å². The third kappa shape index (κ3) is 4.67. The van der Waals surface area contributed by atoms with E-state index in [-0.39, 0.29) is 12.2 Å². The van der Waals surface area contributed by atoms with E-state index in [9.17, 15) is 0 Å². The van der Waals surface area contributed by atoms with Crippen LogP contribution < -0.4 is 0 Å². The summed E-state index contributed by atoms with van der Waals surface area (Å²) in [5.41, 5.74) is 0. The lowest BCUT2D eigenvalue weighted by atomic mass is 10.2. The van der Waals surface area contributed by atoms with Crippen molar-refractivity contribution in [3.05, 3.63) is 0 Å². The molecule has 2 aliphatic rings. The molecule has 0 radical (unpaired) electrons. The summed E-state index contributed by atoms with van der Waals surface area (Å²) in [7, 11) is -2.00. The first kappa shape index (κ1) is 13.5. The van der Waals surface area contributed by atoms with Crippen LogP contribution in [0.3, 0.4) is 0 Å². The average Bonchev–Trinajstić information content (AvgIpc) is 2.97. The highest BCUT2D eigenvalue weighted by molar-refractivity contribution is 6.64. The number of rotatable bonds is 6. The number of hydrogen-bond acceptors (Lipinski definition) is 4. The van der Waals surface area contributed by atoms with E-state index in [4.69, 9.17) is 18.3 Å². The van der Waals surface area contributed by atoms with Crippen molar-refractivity contribution < 1.29 is 18.3 Å². The SMILES string of the molecule is C[Si](C)(OCC1CCCO1)OCC1CCCO1. The predicted molar refractivity (Wildman–Crippen MR) is 67.3 cm³/mol. The first-order chi connectivity index (χ1) is 8.16. The van der Waals surface area contributed by atoms with Gasteiger partial charge in [-0.3, -0.25) is 0 Å². The summed E-state index contributed by atoms with van der Waals surface area (Å²) in [6.45, 7) is 7.32. The van der Waals surface area contributed by atoms with Crippen LogP contribution >= 0.6 is 0 Å². The molecule has 2 fully saturated rings. The zero-order valence-corrected chi connectivity index (χ0v) is 11.9. The highest BCUT2D eigenvalue weighted by atomic mass is 28.4. The summed E-state index contributed by atoms with van der Waals surface area (Å²) < 4.78 is 22.9. The Labute approximate surface area is 105 Å². The quantitative estimate of drug-likeness (QED) is 0.685. The van der Waals surface area contributed by atoms with Crippen molar-refractivity contribution in [3.8, 4) is 0 Å². The molecule has 0 saturated carbocycles. The lowest BCUT2D eigenvalue weighted by Crippen LogP contribution is -2.39. The maximum atomic E-state index is 5.91. The van der Waals surface area contributed by atoms with Crippen LogP contribution in [0, 0.1) is 0 Å². The lowest BCUT2D eigenvalue weighted by Gasteiger charge is -2.25. The van der Waals surface area contributed by atoms with Gasteiger partial charge in [-0.2, -0.15) is 0 Å². The van der Waals surface area contributed by atoms with Gasteiger partial charge in [0.1, 0.15) is 0 Å². The Bertz CT molecular complexity index is 201.